The smallest absolute Gasteiger partial charge is 0.228 e. The highest BCUT2D eigenvalue weighted by Crippen LogP contribution is 2.37. The summed E-state index contributed by atoms with van der Waals surface area (Å²) in [6, 6.07) is 4.04. The normalized spacial score (nSPS) is 21.1. The van der Waals surface area contributed by atoms with Crippen LogP contribution in [0.15, 0.2) is 12.1 Å². The van der Waals surface area contributed by atoms with Gasteiger partial charge in [-0.2, -0.15) is 0 Å². The molecule has 1 atom stereocenters. The number of carbonyl (C=O) groups excluding carboxylic acids is 1. The van der Waals surface area contributed by atoms with Gasteiger partial charge < -0.3 is 10.4 Å². The second kappa shape index (κ2) is 4.97. The Balaban J connectivity index is 1.87. The monoisotopic (exact) mass is 259 g/mol. The van der Waals surface area contributed by atoms with Crippen LogP contribution in [0.1, 0.15) is 54.9 Å². The van der Waals surface area contributed by atoms with Crippen LogP contribution in [0, 0.1) is 12.8 Å². The van der Waals surface area contributed by atoms with Crippen LogP contribution in [0.5, 0.6) is 0 Å². The number of fused-ring (bicyclic) bond motifs is 1. The first-order chi connectivity index (χ1) is 9.15. The summed E-state index contributed by atoms with van der Waals surface area (Å²) in [6.45, 7) is 2.00. The molecule has 1 saturated carbocycles. The molecule has 3 heteroatoms. The summed E-state index contributed by atoms with van der Waals surface area (Å²) in [7, 11) is 0. The number of benzene rings is 1. The highest BCUT2D eigenvalue weighted by atomic mass is 16.3. The number of amides is 1. The van der Waals surface area contributed by atoms with E-state index in [1.807, 2.05) is 19.1 Å². The molecule has 1 aromatic carbocycles. The molecule has 0 saturated heterocycles. The second-order valence-corrected chi connectivity index (χ2v) is 5.94. The maximum atomic E-state index is 11.5. The molecule has 3 nitrogen and oxygen atoms in total. The molecule has 1 aliphatic heterocycles. The van der Waals surface area contributed by atoms with Crippen LogP contribution in [-0.4, -0.2) is 11.0 Å². The van der Waals surface area contributed by atoms with Gasteiger partial charge in [0.25, 0.3) is 0 Å². The summed E-state index contributed by atoms with van der Waals surface area (Å²) >= 11 is 0. The number of aryl methyl sites for hydroxylation is 1. The zero-order valence-electron chi connectivity index (χ0n) is 11.4. The van der Waals surface area contributed by atoms with Crippen molar-refractivity contribution in [3.05, 3.63) is 28.8 Å². The van der Waals surface area contributed by atoms with E-state index in [0.717, 1.165) is 35.2 Å². The lowest BCUT2D eigenvalue weighted by atomic mass is 9.82. The number of aliphatic hydroxyl groups excluding tert-OH is 1. The van der Waals surface area contributed by atoms with Crippen molar-refractivity contribution in [1.82, 2.24) is 0 Å². The maximum Gasteiger partial charge on any atom is 0.228 e. The number of nitrogens with one attached hydrogen (secondary N) is 1. The molecule has 2 aliphatic rings. The van der Waals surface area contributed by atoms with Crippen LogP contribution >= 0.6 is 0 Å². The largest absolute Gasteiger partial charge is 0.388 e. The molecule has 0 bridgehead atoms. The van der Waals surface area contributed by atoms with Gasteiger partial charge in [0, 0.05) is 5.69 Å². The fraction of sp³-hybridized carbons (Fsp3) is 0.562. The molecule has 2 N–H and O–H groups in total. The number of aliphatic hydroxyl groups is 1. The lowest BCUT2D eigenvalue weighted by molar-refractivity contribution is -0.115. The average molecular weight is 259 g/mol. The lowest BCUT2D eigenvalue weighted by Gasteiger charge is -2.27. The average Bonchev–Trinajstić information content (AvgIpc) is 2.80. The van der Waals surface area contributed by atoms with Crippen LogP contribution in [-0.2, 0) is 11.2 Å². The molecular formula is C16H21NO2. The lowest BCUT2D eigenvalue weighted by Crippen LogP contribution is -2.16. The van der Waals surface area contributed by atoms with Crippen molar-refractivity contribution in [2.45, 2.75) is 51.6 Å². The zero-order chi connectivity index (χ0) is 13.4. The summed E-state index contributed by atoms with van der Waals surface area (Å²) in [4.78, 5) is 11.5. The van der Waals surface area contributed by atoms with E-state index < -0.39 is 0 Å². The third-order valence-electron chi connectivity index (χ3n) is 4.49. The van der Waals surface area contributed by atoms with Crippen LogP contribution in [0.3, 0.4) is 0 Å². The summed E-state index contributed by atoms with van der Waals surface area (Å²) < 4.78 is 0. The molecule has 0 radical (unpaired) electrons. The van der Waals surface area contributed by atoms with E-state index >= 15 is 0 Å². The molecule has 19 heavy (non-hydrogen) atoms. The molecule has 1 aromatic rings. The Bertz CT molecular complexity index is 504. The number of hydrogen-bond donors (Lipinski definition) is 2. The summed E-state index contributed by atoms with van der Waals surface area (Å²) in [5.41, 5.74) is 4.03. The predicted molar refractivity (Wildman–Crippen MR) is 75.0 cm³/mol. The first-order valence-electron chi connectivity index (χ1n) is 7.26. The standard InChI is InChI=1S/C16H21NO2/c1-10-7-13(8-12-9-14(18)17-15(10)12)16(19)11-5-3-2-4-6-11/h7-8,11,16,19H,2-6,9H2,1H3,(H,17,18). The first kappa shape index (κ1) is 12.7. The van der Waals surface area contributed by atoms with E-state index in [0.29, 0.717) is 12.3 Å². The van der Waals surface area contributed by atoms with E-state index in [1.165, 1.54) is 19.3 Å². The van der Waals surface area contributed by atoms with Gasteiger partial charge in [-0.25, -0.2) is 0 Å². The van der Waals surface area contributed by atoms with Crippen molar-refractivity contribution in [2.75, 3.05) is 5.32 Å². The van der Waals surface area contributed by atoms with Gasteiger partial charge in [-0.15, -0.1) is 0 Å². The third kappa shape index (κ3) is 2.39. The van der Waals surface area contributed by atoms with Gasteiger partial charge in [0.1, 0.15) is 0 Å². The van der Waals surface area contributed by atoms with E-state index in [2.05, 4.69) is 5.32 Å². The van der Waals surface area contributed by atoms with Crippen molar-refractivity contribution < 1.29 is 9.90 Å². The molecule has 0 aromatic heterocycles. The highest BCUT2D eigenvalue weighted by Gasteiger charge is 2.26. The van der Waals surface area contributed by atoms with E-state index in [9.17, 15) is 9.90 Å². The molecule has 3 rings (SSSR count). The van der Waals surface area contributed by atoms with Crippen LogP contribution in [0.2, 0.25) is 0 Å². The second-order valence-electron chi connectivity index (χ2n) is 5.94. The van der Waals surface area contributed by atoms with Gasteiger partial charge in [-0.3, -0.25) is 4.79 Å². The summed E-state index contributed by atoms with van der Waals surface area (Å²) in [5, 5.41) is 13.5. The predicted octanol–water partition coefficient (Wildman–Crippen LogP) is 3.10. The minimum atomic E-state index is -0.375. The van der Waals surface area contributed by atoms with Crippen LogP contribution in [0.25, 0.3) is 0 Å². The van der Waals surface area contributed by atoms with Crippen molar-refractivity contribution in [2.24, 2.45) is 5.92 Å². The fourth-order valence-electron chi connectivity index (χ4n) is 3.46. The molecule has 0 spiro atoms. The first-order valence-corrected chi connectivity index (χ1v) is 7.26. The van der Waals surface area contributed by atoms with Crippen molar-refractivity contribution in [3.8, 4) is 0 Å². The van der Waals surface area contributed by atoms with Gasteiger partial charge in [-0.05, 0) is 42.4 Å². The van der Waals surface area contributed by atoms with Gasteiger partial charge in [-0.1, -0.05) is 31.4 Å². The van der Waals surface area contributed by atoms with Crippen molar-refractivity contribution >= 4 is 11.6 Å². The summed E-state index contributed by atoms with van der Waals surface area (Å²) in [5.74, 6) is 0.443. The molecule has 1 fully saturated rings. The van der Waals surface area contributed by atoms with Crippen molar-refractivity contribution in [1.29, 1.82) is 0 Å². The Morgan fingerprint density at radius 2 is 2.00 bits per heavy atom. The van der Waals surface area contributed by atoms with Crippen molar-refractivity contribution in [3.63, 3.8) is 0 Å². The molecular weight excluding hydrogens is 238 g/mol. The number of rotatable bonds is 2. The van der Waals surface area contributed by atoms with Gasteiger partial charge in [0.15, 0.2) is 0 Å². The van der Waals surface area contributed by atoms with Crippen LogP contribution in [0.4, 0.5) is 5.69 Å². The zero-order valence-corrected chi connectivity index (χ0v) is 11.4. The van der Waals surface area contributed by atoms with Gasteiger partial charge in [0.2, 0.25) is 5.91 Å². The van der Waals surface area contributed by atoms with Crippen LogP contribution < -0.4 is 5.32 Å². The molecule has 1 unspecified atom stereocenters. The van der Waals surface area contributed by atoms with E-state index in [4.69, 9.17) is 0 Å². The number of hydrogen-bond acceptors (Lipinski definition) is 2. The molecule has 1 aliphatic carbocycles. The van der Waals surface area contributed by atoms with E-state index in [-0.39, 0.29) is 12.0 Å². The Morgan fingerprint density at radius 3 is 2.74 bits per heavy atom. The molecule has 102 valence electrons. The Labute approximate surface area is 114 Å². The Morgan fingerprint density at radius 1 is 1.26 bits per heavy atom. The number of anilines is 1. The summed E-state index contributed by atoms with van der Waals surface area (Å²) in [6.07, 6.45) is 6.06. The fourth-order valence-corrected chi connectivity index (χ4v) is 3.46. The topological polar surface area (TPSA) is 49.3 Å². The molecule has 1 heterocycles. The van der Waals surface area contributed by atoms with E-state index in [1.54, 1.807) is 0 Å². The Kier molecular flexibility index (Phi) is 3.31. The minimum absolute atomic E-state index is 0.0578. The van der Waals surface area contributed by atoms with Gasteiger partial charge >= 0.3 is 0 Å². The van der Waals surface area contributed by atoms with Gasteiger partial charge in [0.05, 0.1) is 12.5 Å². The quantitative estimate of drug-likeness (QED) is 0.857. The number of carbonyl (C=O) groups is 1. The maximum absolute atomic E-state index is 11.5. The highest BCUT2D eigenvalue weighted by molar-refractivity contribution is 6.00. The SMILES string of the molecule is Cc1cc(C(O)C2CCCCC2)cc2c1NC(=O)C2. The Hall–Kier alpha value is -1.35. The minimum Gasteiger partial charge on any atom is -0.388 e. The molecule has 1 amide bonds. The third-order valence-corrected chi connectivity index (χ3v) is 4.49.